The zero-order valence-corrected chi connectivity index (χ0v) is 10.5. The molecule has 1 aliphatic rings. The molecule has 1 saturated carbocycles. The quantitative estimate of drug-likeness (QED) is 0.878. The van der Waals surface area contributed by atoms with Gasteiger partial charge in [-0.15, -0.1) is 0 Å². The molecule has 92 valence electrons. The molecule has 17 heavy (non-hydrogen) atoms. The average molecular weight is 233 g/mol. The van der Waals surface area contributed by atoms with Crippen molar-refractivity contribution in [1.82, 2.24) is 19.3 Å². The Kier molecular flexibility index (Phi) is 2.34. The molecule has 0 aromatic carbocycles. The molecule has 5 nitrogen and oxygen atoms in total. The number of nitrogens with zero attached hydrogens (tertiary/aromatic N) is 4. The normalized spacial score (nSPS) is 16.6. The number of rotatable bonds is 3. The zero-order valence-electron chi connectivity index (χ0n) is 10.5. The molecule has 2 aromatic heterocycles. The van der Waals surface area contributed by atoms with E-state index in [2.05, 4.69) is 21.6 Å². The first kappa shape index (κ1) is 10.6. The summed E-state index contributed by atoms with van der Waals surface area (Å²) in [6, 6.07) is 0. The average Bonchev–Trinajstić information content (AvgIpc) is 2.71. The standard InChI is InChI=1S/C12H19N5/c1-3-9-10-11(16(2)15-9)17(12(13)14-10)7-8-5-4-6-8/h8H,3-7H2,1-2H3,(H2,13,14). The van der Waals surface area contributed by atoms with Crippen LogP contribution in [0.15, 0.2) is 0 Å². The molecule has 3 rings (SSSR count). The molecule has 2 N–H and O–H groups in total. The van der Waals surface area contributed by atoms with Crippen LogP contribution in [0.25, 0.3) is 11.2 Å². The number of imidazole rings is 1. The molecule has 0 unspecified atom stereocenters. The predicted molar refractivity (Wildman–Crippen MR) is 67.6 cm³/mol. The summed E-state index contributed by atoms with van der Waals surface area (Å²) >= 11 is 0. The van der Waals surface area contributed by atoms with Crippen molar-refractivity contribution in [2.24, 2.45) is 13.0 Å². The number of hydrogen-bond acceptors (Lipinski definition) is 3. The molecule has 1 fully saturated rings. The van der Waals surface area contributed by atoms with Crippen LogP contribution in [-0.4, -0.2) is 19.3 Å². The fraction of sp³-hybridized carbons (Fsp3) is 0.667. The maximum atomic E-state index is 6.03. The third kappa shape index (κ3) is 1.52. The molecule has 0 aliphatic heterocycles. The SMILES string of the molecule is CCc1nn(C)c2c1nc(N)n2CC1CCC1. The van der Waals surface area contributed by atoms with Crippen LogP contribution in [-0.2, 0) is 20.0 Å². The number of nitrogens with two attached hydrogens (primary N) is 1. The summed E-state index contributed by atoms with van der Waals surface area (Å²) < 4.78 is 4.04. The summed E-state index contributed by atoms with van der Waals surface area (Å²) in [5, 5.41) is 4.50. The van der Waals surface area contributed by atoms with Crippen LogP contribution in [0.4, 0.5) is 5.95 Å². The molecule has 0 bridgehead atoms. The number of anilines is 1. The molecule has 0 radical (unpaired) electrons. The number of aromatic nitrogens is 4. The van der Waals surface area contributed by atoms with Gasteiger partial charge in [0.15, 0.2) is 5.65 Å². The summed E-state index contributed by atoms with van der Waals surface area (Å²) in [4.78, 5) is 4.47. The summed E-state index contributed by atoms with van der Waals surface area (Å²) in [5.74, 6) is 1.41. The highest BCUT2D eigenvalue weighted by atomic mass is 15.3. The lowest BCUT2D eigenvalue weighted by Crippen LogP contribution is -2.20. The lowest BCUT2D eigenvalue weighted by molar-refractivity contribution is 0.279. The minimum Gasteiger partial charge on any atom is -0.369 e. The predicted octanol–water partition coefficient (Wildman–Crippen LogP) is 1.71. The van der Waals surface area contributed by atoms with Gasteiger partial charge in [0.2, 0.25) is 5.95 Å². The Hall–Kier alpha value is -1.52. The largest absolute Gasteiger partial charge is 0.369 e. The van der Waals surface area contributed by atoms with Crippen LogP contribution >= 0.6 is 0 Å². The van der Waals surface area contributed by atoms with E-state index in [1.807, 2.05) is 11.7 Å². The molecule has 0 amide bonds. The van der Waals surface area contributed by atoms with Crippen LogP contribution in [0.5, 0.6) is 0 Å². The molecular formula is C12H19N5. The van der Waals surface area contributed by atoms with E-state index in [0.717, 1.165) is 35.7 Å². The van der Waals surface area contributed by atoms with E-state index in [4.69, 9.17) is 5.73 Å². The highest BCUT2D eigenvalue weighted by Gasteiger charge is 2.22. The summed E-state index contributed by atoms with van der Waals surface area (Å²) in [6.07, 6.45) is 4.89. The Morgan fingerprint density at radius 2 is 2.18 bits per heavy atom. The smallest absolute Gasteiger partial charge is 0.202 e. The van der Waals surface area contributed by atoms with Crippen molar-refractivity contribution >= 4 is 17.1 Å². The van der Waals surface area contributed by atoms with E-state index in [1.54, 1.807) is 0 Å². The van der Waals surface area contributed by atoms with Crippen molar-refractivity contribution in [3.63, 3.8) is 0 Å². The summed E-state index contributed by atoms with van der Waals surface area (Å²) in [5.41, 5.74) is 9.12. The molecule has 2 aromatic rings. The molecule has 0 saturated heterocycles. The first-order valence-corrected chi connectivity index (χ1v) is 6.38. The van der Waals surface area contributed by atoms with Crippen molar-refractivity contribution < 1.29 is 0 Å². The van der Waals surface area contributed by atoms with Crippen molar-refractivity contribution in [3.05, 3.63) is 5.69 Å². The first-order chi connectivity index (χ1) is 8.20. The van der Waals surface area contributed by atoms with Crippen LogP contribution in [0.3, 0.4) is 0 Å². The van der Waals surface area contributed by atoms with Crippen LogP contribution in [0.2, 0.25) is 0 Å². The van der Waals surface area contributed by atoms with E-state index in [9.17, 15) is 0 Å². The number of aryl methyl sites for hydroxylation is 2. The number of nitrogen functional groups attached to an aromatic ring is 1. The van der Waals surface area contributed by atoms with Gasteiger partial charge in [0.25, 0.3) is 0 Å². The van der Waals surface area contributed by atoms with Gasteiger partial charge in [-0.3, -0.25) is 9.25 Å². The zero-order chi connectivity index (χ0) is 12.0. The van der Waals surface area contributed by atoms with Crippen molar-refractivity contribution in [1.29, 1.82) is 0 Å². The second kappa shape index (κ2) is 3.75. The minimum atomic E-state index is 0.634. The third-order valence-electron chi connectivity index (χ3n) is 3.82. The van der Waals surface area contributed by atoms with E-state index < -0.39 is 0 Å². The first-order valence-electron chi connectivity index (χ1n) is 6.38. The molecule has 5 heteroatoms. The van der Waals surface area contributed by atoms with Gasteiger partial charge in [-0.25, -0.2) is 4.98 Å². The van der Waals surface area contributed by atoms with Gasteiger partial charge in [0, 0.05) is 13.6 Å². The highest BCUT2D eigenvalue weighted by Crippen LogP contribution is 2.30. The van der Waals surface area contributed by atoms with E-state index >= 15 is 0 Å². The topological polar surface area (TPSA) is 61.7 Å². The Bertz CT molecular complexity index is 547. The third-order valence-corrected chi connectivity index (χ3v) is 3.82. The van der Waals surface area contributed by atoms with E-state index in [1.165, 1.54) is 19.3 Å². The highest BCUT2D eigenvalue weighted by molar-refractivity contribution is 5.77. The maximum Gasteiger partial charge on any atom is 0.202 e. The summed E-state index contributed by atoms with van der Waals surface area (Å²) in [6.45, 7) is 3.09. The van der Waals surface area contributed by atoms with Gasteiger partial charge in [0.05, 0.1) is 5.69 Å². The van der Waals surface area contributed by atoms with Gasteiger partial charge < -0.3 is 5.73 Å². The Morgan fingerprint density at radius 1 is 1.41 bits per heavy atom. The summed E-state index contributed by atoms with van der Waals surface area (Å²) in [7, 11) is 1.97. The van der Waals surface area contributed by atoms with Crippen LogP contribution < -0.4 is 5.73 Å². The molecule has 1 aliphatic carbocycles. The van der Waals surface area contributed by atoms with Gasteiger partial charge in [0.1, 0.15) is 5.52 Å². The molecule has 0 spiro atoms. The monoisotopic (exact) mass is 233 g/mol. The second-order valence-electron chi connectivity index (χ2n) is 4.97. The van der Waals surface area contributed by atoms with Gasteiger partial charge in [-0.2, -0.15) is 5.10 Å². The lowest BCUT2D eigenvalue weighted by atomic mass is 9.85. The van der Waals surface area contributed by atoms with Gasteiger partial charge in [-0.05, 0) is 25.2 Å². The second-order valence-corrected chi connectivity index (χ2v) is 4.97. The van der Waals surface area contributed by atoms with Crippen LogP contribution in [0, 0.1) is 5.92 Å². The molecule has 0 atom stereocenters. The van der Waals surface area contributed by atoms with Gasteiger partial charge in [-0.1, -0.05) is 13.3 Å². The van der Waals surface area contributed by atoms with E-state index in [0.29, 0.717) is 5.95 Å². The Morgan fingerprint density at radius 3 is 2.76 bits per heavy atom. The van der Waals surface area contributed by atoms with Gasteiger partial charge >= 0.3 is 0 Å². The fourth-order valence-electron chi connectivity index (χ4n) is 2.61. The lowest BCUT2D eigenvalue weighted by Gasteiger charge is -2.26. The maximum absolute atomic E-state index is 6.03. The Labute approximate surface area is 101 Å². The number of fused-ring (bicyclic) bond motifs is 1. The molecule has 2 heterocycles. The fourth-order valence-corrected chi connectivity index (χ4v) is 2.61. The van der Waals surface area contributed by atoms with E-state index in [-0.39, 0.29) is 0 Å². The van der Waals surface area contributed by atoms with Crippen molar-refractivity contribution in [2.45, 2.75) is 39.2 Å². The van der Waals surface area contributed by atoms with Crippen molar-refractivity contribution in [3.8, 4) is 0 Å². The number of hydrogen-bond donors (Lipinski definition) is 1. The van der Waals surface area contributed by atoms with Crippen LogP contribution in [0.1, 0.15) is 31.9 Å². The minimum absolute atomic E-state index is 0.634. The molecular weight excluding hydrogens is 214 g/mol. The Balaban J connectivity index is 2.08. The van der Waals surface area contributed by atoms with Crippen molar-refractivity contribution in [2.75, 3.05) is 5.73 Å².